The summed E-state index contributed by atoms with van der Waals surface area (Å²) in [4.78, 5) is 4.38. The summed E-state index contributed by atoms with van der Waals surface area (Å²) in [6.07, 6.45) is 0. The molecule has 15 heavy (non-hydrogen) atoms. The number of aromatic nitrogens is 1. The van der Waals surface area contributed by atoms with E-state index in [1.54, 1.807) is 0 Å². The Morgan fingerprint density at radius 3 is 2.47 bits per heavy atom. The lowest BCUT2D eigenvalue weighted by Crippen LogP contribution is -2.39. The van der Waals surface area contributed by atoms with Crippen LogP contribution in [0, 0.1) is 6.92 Å². The van der Waals surface area contributed by atoms with Crippen molar-refractivity contribution in [3.8, 4) is 0 Å². The van der Waals surface area contributed by atoms with Crippen LogP contribution in [0.15, 0.2) is 16.6 Å². The smallest absolute Gasteiger partial charge is 0.126 e. The Morgan fingerprint density at radius 1 is 1.40 bits per heavy atom. The number of anilines is 1. The van der Waals surface area contributed by atoms with Crippen molar-refractivity contribution >= 4 is 44.9 Å². The van der Waals surface area contributed by atoms with Gasteiger partial charge in [0.25, 0.3) is 0 Å². The summed E-state index contributed by atoms with van der Waals surface area (Å²) >= 11 is 15.1. The monoisotopic (exact) mass is 310 g/mol. The fraction of sp³-hybridized carbons (Fsp3) is 0.500. The van der Waals surface area contributed by atoms with Crippen LogP contribution in [-0.2, 0) is 0 Å². The highest BCUT2D eigenvalue weighted by Crippen LogP contribution is 2.20. The first-order chi connectivity index (χ1) is 7.00. The first kappa shape index (κ1) is 13.1. The van der Waals surface area contributed by atoms with Crippen molar-refractivity contribution < 1.29 is 0 Å². The van der Waals surface area contributed by atoms with E-state index in [1.165, 1.54) is 0 Å². The molecular formula is C10H13BrCl2N2. The summed E-state index contributed by atoms with van der Waals surface area (Å²) in [5.74, 6) is 1.67. The highest BCUT2D eigenvalue weighted by molar-refractivity contribution is 9.10. The maximum absolute atomic E-state index is 5.85. The summed E-state index contributed by atoms with van der Waals surface area (Å²) in [6, 6.07) is 3.85. The van der Waals surface area contributed by atoms with Crippen LogP contribution in [0.2, 0.25) is 0 Å². The highest BCUT2D eigenvalue weighted by atomic mass is 79.9. The molecule has 0 atom stereocenters. The molecule has 1 aromatic heterocycles. The molecule has 0 aromatic carbocycles. The minimum absolute atomic E-state index is 0.323. The van der Waals surface area contributed by atoms with Gasteiger partial charge in [0.15, 0.2) is 0 Å². The Balaban J connectivity index is 2.85. The van der Waals surface area contributed by atoms with Crippen molar-refractivity contribution in [2.45, 2.75) is 19.4 Å². The van der Waals surface area contributed by atoms with Gasteiger partial charge < -0.3 is 5.32 Å². The number of halogens is 3. The van der Waals surface area contributed by atoms with Crippen molar-refractivity contribution in [1.29, 1.82) is 0 Å². The standard InChI is InChI=1S/C10H13BrCl2N2/c1-7-8(11)3-4-9(14-7)15-10(2,5-12)6-13/h3-4H,5-6H2,1-2H3,(H,14,15). The molecule has 84 valence electrons. The molecule has 0 spiro atoms. The lowest BCUT2D eigenvalue weighted by molar-refractivity contribution is 0.645. The van der Waals surface area contributed by atoms with Crippen LogP contribution in [0.1, 0.15) is 12.6 Å². The van der Waals surface area contributed by atoms with Gasteiger partial charge in [-0.15, -0.1) is 23.2 Å². The lowest BCUT2D eigenvalue weighted by atomic mass is 10.1. The zero-order valence-electron chi connectivity index (χ0n) is 8.65. The molecule has 1 aromatic rings. The molecule has 0 saturated carbocycles. The van der Waals surface area contributed by atoms with E-state index in [0.717, 1.165) is 16.0 Å². The fourth-order valence-corrected chi connectivity index (χ4v) is 1.67. The number of nitrogens with one attached hydrogen (secondary N) is 1. The molecule has 0 bridgehead atoms. The van der Waals surface area contributed by atoms with Gasteiger partial charge in [0, 0.05) is 16.2 Å². The molecule has 0 aliphatic carbocycles. The number of alkyl halides is 2. The zero-order valence-corrected chi connectivity index (χ0v) is 11.7. The number of rotatable bonds is 4. The van der Waals surface area contributed by atoms with Crippen LogP contribution in [0.4, 0.5) is 5.82 Å². The van der Waals surface area contributed by atoms with Crippen molar-refractivity contribution in [2.24, 2.45) is 0 Å². The lowest BCUT2D eigenvalue weighted by Gasteiger charge is -2.26. The van der Waals surface area contributed by atoms with Gasteiger partial charge in [0.1, 0.15) is 5.82 Å². The third-order valence-corrected chi connectivity index (χ3v) is 4.06. The second-order valence-corrected chi connectivity index (χ2v) is 5.11. The van der Waals surface area contributed by atoms with Gasteiger partial charge in [-0.2, -0.15) is 0 Å². The van der Waals surface area contributed by atoms with Crippen LogP contribution in [0.3, 0.4) is 0 Å². The average Bonchev–Trinajstić information content (AvgIpc) is 2.23. The predicted octanol–water partition coefficient (Wildman–Crippen LogP) is 3.80. The summed E-state index contributed by atoms with van der Waals surface area (Å²) in [7, 11) is 0. The number of nitrogens with zero attached hydrogens (tertiary/aromatic N) is 1. The van der Waals surface area contributed by atoms with Gasteiger partial charge in [-0.05, 0) is 41.9 Å². The van der Waals surface area contributed by atoms with E-state index in [2.05, 4.69) is 26.2 Å². The van der Waals surface area contributed by atoms with Crippen LogP contribution in [0.5, 0.6) is 0 Å². The van der Waals surface area contributed by atoms with Gasteiger partial charge in [0.05, 0.1) is 11.2 Å². The second kappa shape index (κ2) is 5.37. The van der Waals surface area contributed by atoms with Crippen LogP contribution >= 0.6 is 39.1 Å². The number of pyridine rings is 1. The van der Waals surface area contributed by atoms with E-state index in [1.807, 2.05) is 26.0 Å². The Kier molecular flexibility index (Phi) is 4.68. The summed E-state index contributed by atoms with van der Waals surface area (Å²) in [6.45, 7) is 3.90. The summed E-state index contributed by atoms with van der Waals surface area (Å²) < 4.78 is 0.992. The van der Waals surface area contributed by atoms with Crippen LogP contribution in [-0.4, -0.2) is 22.3 Å². The topological polar surface area (TPSA) is 24.9 Å². The summed E-state index contributed by atoms with van der Waals surface area (Å²) in [5.41, 5.74) is 0.614. The number of hydrogen-bond donors (Lipinski definition) is 1. The molecule has 2 nitrogen and oxygen atoms in total. The minimum atomic E-state index is -0.323. The van der Waals surface area contributed by atoms with E-state index in [4.69, 9.17) is 23.2 Å². The Bertz CT molecular complexity index is 340. The quantitative estimate of drug-likeness (QED) is 0.856. The van der Waals surface area contributed by atoms with Crippen molar-refractivity contribution in [3.05, 3.63) is 22.3 Å². The number of hydrogen-bond acceptors (Lipinski definition) is 2. The average molecular weight is 312 g/mol. The fourth-order valence-electron chi connectivity index (χ4n) is 1.03. The zero-order chi connectivity index (χ0) is 11.5. The van der Waals surface area contributed by atoms with Crippen molar-refractivity contribution in [2.75, 3.05) is 17.1 Å². The van der Waals surface area contributed by atoms with Crippen LogP contribution in [0.25, 0.3) is 0 Å². The van der Waals surface area contributed by atoms with E-state index in [0.29, 0.717) is 11.8 Å². The highest BCUT2D eigenvalue weighted by Gasteiger charge is 2.22. The predicted molar refractivity (Wildman–Crippen MR) is 70.1 cm³/mol. The van der Waals surface area contributed by atoms with E-state index in [9.17, 15) is 0 Å². The SMILES string of the molecule is Cc1nc(NC(C)(CCl)CCl)ccc1Br. The second-order valence-electron chi connectivity index (χ2n) is 3.72. The van der Waals surface area contributed by atoms with Gasteiger partial charge in [-0.1, -0.05) is 0 Å². The molecule has 1 heterocycles. The first-order valence-electron chi connectivity index (χ1n) is 4.54. The maximum atomic E-state index is 5.85. The van der Waals surface area contributed by atoms with Gasteiger partial charge >= 0.3 is 0 Å². The maximum Gasteiger partial charge on any atom is 0.126 e. The van der Waals surface area contributed by atoms with Crippen LogP contribution < -0.4 is 5.32 Å². The van der Waals surface area contributed by atoms with Crippen molar-refractivity contribution in [1.82, 2.24) is 4.98 Å². The molecule has 0 aliphatic heterocycles. The van der Waals surface area contributed by atoms with E-state index >= 15 is 0 Å². The van der Waals surface area contributed by atoms with Crippen molar-refractivity contribution in [3.63, 3.8) is 0 Å². The normalized spacial score (nSPS) is 11.5. The molecule has 0 aliphatic rings. The molecule has 0 fully saturated rings. The molecule has 0 unspecified atom stereocenters. The largest absolute Gasteiger partial charge is 0.362 e. The molecule has 0 radical (unpaired) electrons. The molecule has 5 heteroatoms. The molecule has 1 N–H and O–H groups in total. The molecule has 1 rings (SSSR count). The summed E-state index contributed by atoms with van der Waals surface area (Å²) in [5, 5.41) is 3.23. The number of aryl methyl sites for hydroxylation is 1. The third-order valence-electron chi connectivity index (χ3n) is 2.04. The molecular weight excluding hydrogens is 299 g/mol. The Hall–Kier alpha value is 0.01000. The van der Waals surface area contributed by atoms with Gasteiger partial charge in [-0.25, -0.2) is 4.98 Å². The van der Waals surface area contributed by atoms with Gasteiger partial charge in [0.2, 0.25) is 0 Å². The minimum Gasteiger partial charge on any atom is -0.362 e. The molecule has 0 amide bonds. The first-order valence-corrected chi connectivity index (χ1v) is 6.40. The van der Waals surface area contributed by atoms with E-state index < -0.39 is 0 Å². The molecule has 0 saturated heterocycles. The van der Waals surface area contributed by atoms with E-state index in [-0.39, 0.29) is 5.54 Å². The van der Waals surface area contributed by atoms with Gasteiger partial charge in [-0.3, -0.25) is 0 Å². The third kappa shape index (κ3) is 3.51. The Morgan fingerprint density at radius 2 is 2.00 bits per heavy atom. The Labute approximate surface area is 108 Å².